The van der Waals surface area contributed by atoms with Crippen LogP contribution in [0.3, 0.4) is 0 Å². The van der Waals surface area contributed by atoms with Crippen molar-refractivity contribution in [2.45, 2.75) is 303 Å². The Morgan fingerprint density at radius 2 is 0.685 bits per heavy atom. The lowest BCUT2D eigenvalue weighted by atomic mass is 9.99. The van der Waals surface area contributed by atoms with Crippen molar-refractivity contribution in [3.63, 3.8) is 0 Å². The highest BCUT2D eigenvalue weighted by atomic mass is 16.5. The summed E-state index contributed by atoms with van der Waals surface area (Å²) in [6.07, 6.45) is 64.8. The van der Waals surface area contributed by atoms with Gasteiger partial charge in [-0.05, 0) is 44.4 Å². The van der Waals surface area contributed by atoms with Crippen LogP contribution in [-0.2, 0) is 9.53 Å². The lowest BCUT2D eigenvalue weighted by Gasteiger charge is -2.07. The Hall–Kier alpha value is -0.790. The predicted molar refractivity (Wildman–Crippen MR) is 244 cm³/mol. The smallest absolute Gasteiger partial charge is 0.305 e. The number of carbonyl (C=O) groups is 1. The Morgan fingerprint density at radius 3 is 1.04 bits per heavy atom. The maximum Gasteiger partial charge on any atom is 0.305 e. The summed E-state index contributed by atoms with van der Waals surface area (Å²) >= 11 is 0. The van der Waals surface area contributed by atoms with E-state index in [-0.39, 0.29) is 5.97 Å². The number of unbranched alkanes of at least 4 members (excludes halogenated alkanes) is 38. The molecule has 0 aliphatic heterocycles. The van der Waals surface area contributed by atoms with Crippen LogP contribution in [0, 0.1) is 5.92 Å². The van der Waals surface area contributed by atoms with E-state index in [1.165, 1.54) is 263 Å². The summed E-state index contributed by atoms with van der Waals surface area (Å²) in [4.78, 5) is 12.1. The van der Waals surface area contributed by atoms with Gasteiger partial charge in [-0.25, -0.2) is 0 Å². The largest absolute Gasteiger partial charge is 0.466 e. The minimum absolute atomic E-state index is 0.0300. The van der Waals surface area contributed by atoms with Gasteiger partial charge in [-0.15, -0.1) is 0 Å². The summed E-state index contributed by atoms with van der Waals surface area (Å²) in [6.45, 7) is 7.65. The molecule has 0 amide bonds. The van der Waals surface area contributed by atoms with E-state index in [0.717, 1.165) is 18.8 Å². The lowest BCUT2D eigenvalue weighted by molar-refractivity contribution is -0.143. The summed E-state index contributed by atoms with van der Waals surface area (Å²) in [5.74, 6) is 0.966. The van der Waals surface area contributed by atoms with Crippen molar-refractivity contribution in [3.8, 4) is 0 Å². The molecule has 54 heavy (non-hydrogen) atoms. The van der Waals surface area contributed by atoms with E-state index < -0.39 is 0 Å². The minimum atomic E-state index is 0.0300. The highest BCUT2D eigenvalue weighted by Gasteiger charge is 2.03. The van der Waals surface area contributed by atoms with Gasteiger partial charge in [0.15, 0.2) is 0 Å². The first kappa shape index (κ1) is 53.2. The van der Waals surface area contributed by atoms with Crippen LogP contribution in [0.25, 0.3) is 0 Å². The molecule has 0 spiro atoms. The van der Waals surface area contributed by atoms with E-state index in [9.17, 15) is 4.79 Å². The van der Waals surface area contributed by atoms with E-state index in [2.05, 4.69) is 32.9 Å². The second kappa shape index (κ2) is 48.4. The molecule has 0 fully saturated rings. The molecule has 0 aromatic heterocycles. The molecule has 0 bridgehead atoms. The van der Waals surface area contributed by atoms with Gasteiger partial charge in [-0.1, -0.05) is 270 Å². The third-order valence-electron chi connectivity index (χ3n) is 12.2. The zero-order valence-electron chi connectivity index (χ0n) is 37.9. The van der Waals surface area contributed by atoms with E-state index in [0.29, 0.717) is 13.0 Å². The Balaban J connectivity index is 3.17. The van der Waals surface area contributed by atoms with Gasteiger partial charge in [0.2, 0.25) is 0 Å². The molecule has 0 heterocycles. The van der Waals surface area contributed by atoms with Crippen LogP contribution >= 0.6 is 0 Å². The zero-order chi connectivity index (χ0) is 39.1. The van der Waals surface area contributed by atoms with Gasteiger partial charge in [0.05, 0.1) is 6.61 Å². The molecule has 0 aromatic rings. The predicted octanol–water partition coefficient (Wildman–Crippen LogP) is 18.9. The standard InChI is InChI=1S/C52H102O2/c1-4-6-7-8-9-10-11-12-13-14-15-18-22-25-28-31-34-37-40-43-46-49-52(53)54-50-47-44-41-38-35-32-29-26-23-20-17-16-19-21-24-27-30-33-36-39-42-45-48-51(3)5-2/h12-13,51H,4-11,14-50H2,1-3H3. The second-order valence-electron chi connectivity index (χ2n) is 17.8. The van der Waals surface area contributed by atoms with Crippen molar-refractivity contribution in [1.82, 2.24) is 0 Å². The van der Waals surface area contributed by atoms with Gasteiger partial charge in [-0.3, -0.25) is 4.79 Å². The second-order valence-corrected chi connectivity index (χ2v) is 17.8. The normalized spacial score (nSPS) is 12.3. The molecule has 1 unspecified atom stereocenters. The molecule has 0 aromatic carbocycles. The molecule has 0 radical (unpaired) electrons. The average molecular weight is 759 g/mol. The highest BCUT2D eigenvalue weighted by molar-refractivity contribution is 5.69. The summed E-state index contributed by atoms with van der Waals surface area (Å²) in [7, 11) is 0. The van der Waals surface area contributed by atoms with Crippen molar-refractivity contribution in [2.24, 2.45) is 5.92 Å². The first-order valence-electron chi connectivity index (χ1n) is 25.5. The summed E-state index contributed by atoms with van der Waals surface area (Å²) in [5, 5.41) is 0. The molecule has 1 atom stereocenters. The number of hydrogen-bond donors (Lipinski definition) is 0. The number of esters is 1. The monoisotopic (exact) mass is 759 g/mol. The van der Waals surface area contributed by atoms with Gasteiger partial charge < -0.3 is 4.74 Å². The third kappa shape index (κ3) is 47.4. The molecule has 0 saturated carbocycles. The SMILES string of the molecule is CCCCCCCCC=CCCCCCCCCCCCCCC(=O)OCCCCCCCCCCCCCCCCCCCCCCCCC(C)CC. The van der Waals surface area contributed by atoms with Gasteiger partial charge in [0.1, 0.15) is 0 Å². The number of allylic oxidation sites excluding steroid dienone is 2. The molecular weight excluding hydrogens is 657 g/mol. The molecule has 2 nitrogen and oxygen atoms in total. The number of rotatable bonds is 47. The van der Waals surface area contributed by atoms with Crippen LogP contribution in [-0.4, -0.2) is 12.6 Å². The third-order valence-corrected chi connectivity index (χ3v) is 12.2. The van der Waals surface area contributed by atoms with Crippen molar-refractivity contribution >= 4 is 5.97 Å². The number of hydrogen-bond acceptors (Lipinski definition) is 2. The van der Waals surface area contributed by atoms with E-state index in [1.54, 1.807) is 0 Å². The van der Waals surface area contributed by atoms with Crippen LogP contribution in [0.1, 0.15) is 303 Å². The Kier molecular flexibility index (Phi) is 47.7. The Labute approximate surface area is 342 Å². The van der Waals surface area contributed by atoms with Gasteiger partial charge in [0, 0.05) is 6.42 Å². The van der Waals surface area contributed by atoms with Crippen LogP contribution in [0.4, 0.5) is 0 Å². The molecule has 322 valence electrons. The van der Waals surface area contributed by atoms with Gasteiger partial charge in [-0.2, -0.15) is 0 Å². The lowest BCUT2D eigenvalue weighted by Crippen LogP contribution is -2.05. The maximum atomic E-state index is 12.1. The first-order valence-corrected chi connectivity index (χ1v) is 25.5. The maximum absolute atomic E-state index is 12.1. The molecular formula is C52H102O2. The molecule has 2 heteroatoms. The first-order chi connectivity index (χ1) is 26.7. The molecule has 0 aliphatic rings. The van der Waals surface area contributed by atoms with Gasteiger partial charge in [0.25, 0.3) is 0 Å². The highest BCUT2D eigenvalue weighted by Crippen LogP contribution is 2.18. The fourth-order valence-electron chi connectivity index (χ4n) is 7.99. The van der Waals surface area contributed by atoms with Gasteiger partial charge >= 0.3 is 5.97 Å². The van der Waals surface area contributed by atoms with Crippen molar-refractivity contribution in [1.29, 1.82) is 0 Å². The fourth-order valence-corrected chi connectivity index (χ4v) is 7.99. The molecule has 0 rings (SSSR count). The molecule has 0 saturated heterocycles. The quantitative estimate of drug-likeness (QED) is 0.0351. The van der Waals surface area contributed by atoms with E-state index >= 15 is 0 Å². The Morgan fingerprint density at radius 1 is 0.389 bits per heavy atom. The van der Waals surface area contributed by atoms with Crippen molar-refractivity contribution < 1.29 is 9.53 Å². The summed E-state index contributed by atoms with van der Waals surface area (Å²) < 4.78 is 5.50. The van der Waals surface area contributed by atoms with Crippen LogP contribution in [0.5, 0.6) is 0 Å². The van der Waals surface area contributed by atoms with Crippen molar-refractivity contribution in [3.05, 3.63) is 12.2 Å². The van der Waals surface area contributed by atoms with Crippen LogP contribution in [0.2, 0.25) is 0 Å². The Bertz CT molecular complexity index is 713. The average Bonchev–Trinajstić information content (AvgIpc) is 3.18. The topological polar surface area (TPSA) is 26.3 Å². The van der Waals surface area contributed by atoms with Crippen LogP contribution < -0.4 is 0 Å². The molecule has 0 aliphatic carbocycles. The van der Waals surface area contributed by atoms with Crippen LogP contribution in [0.15, 0.2) is 12.2 Å². The van der Waals surface area contributed by atoms with E-state index in [4.69, 9.17) is 4.74 Å². The number of carbonyl (C=O) groups excluding carboxylic acids is 1. The van der Waals surface area contributed by atoms with E-state index in [1.807, 2.05) is 0 Å². The molecule has 0 N–H and O–H groups in total. The van der Waals surface area contributed by atoms with Crippen molar-refractivity contribution in [2.75, 3.05) is 6.61 Å². The zero-order valence-corrected chi connectivity index (χ0v) is 37.9. The minimum Gasteiger partial charge on any atom is -0.466 e. The fraction of sp³-hybridized carbons (Fsp3) is 0.942. The summed E-state index contributed by atoms with van der Waals surface area (Å²) in [5.41, 5.74) is 0. The number of ether oxygens (including phenoxy) is 1. The summed E-state index contributed by atoms with van der Waals surface area (Å²) in [6, 6.07) is 0.